The van der Waals surface area contributed by atoms with Crippen LogP contribution in [-0.4, -0.2) is 15.2 Å². The molecule has 0 radical (unpaired) electrons. The lowest BCUT2D eigenvalue weighted by Gasteiger charge is -2.30. The van der Waals surface area contributed by atoms with E-state index in [4.69, 9.17) is 0 Å². The molecule has 0 amide bonds. The van der Waals surface area contributed by atoms with Crippen LogP contribution in [0.3, 0.4) is 0 Å². The first-order valence-electron chi connectivity index (χ1n) is 6.83. The molecule has 4 rings (SSSR count). The van der Waals surface area contributed by atoms with E-state index in [1.54, 1.807) is 0 Å². The topological polar surface area (TPSA) is 44.5 Å². The Balaban J connectivity index is 2.15. The maximum atomic E-state index is 4.51. The number of halogens is 1. The van der Waals surface area contributed by atoms with Gasteiger partial charge in [-0.15, -0.1) is 0 Å². The molecule has 1 aliphatic rings. The van der Waals surface area contributed by atoms with Crippen molar-refractivity contribution in [3.8, 4) is 11.4 Å². The van der Waals surface area contributed by atoms with Crippen molar-refractivity contribution in [2.75, 3.05) is 0 Å². The quantitative estimate of drug-likeness (QED) is 0.628. The lowest BCUT2D eigenvalue weighted by molar-refractivity contribution is 0.520. The van der Waals surface area contributed by atoms with E-state index in [9.17, 15) is 0 Å². The van der Waals surface area contributed by atoms with Gasteiger partial charge in [0.2, 0.25) is 0 Å². The molecule has 2 N–H and O–H groups in total. The molecule has 4 heteroatoms. The molecule has 0 bridgehead atoms. The van der Waals surface area contributed by atoms with Gasteiger partial charge in [-0.25, -0.2) is 0 Å². The third-order valence-electron chi connectivity index (χ3n) is 4.37. The highest BCUT2D eigenvalue weighted by molar-refractivity contribution is 9.10. The number of fused-ring (bicyclic) bond motifs is 5. The summed E-state index contributed by atoms with van der Waals surface area (Å²) >= 11 is 3.58. The van der Waals surface area contributed by atoms with Gasteiger partial charge < -0.3 is 4.98 Å². The summed E-state index contributed by atoms with van der Waals surface area (Å²) in [4.78, 5) is 3.57. The van der Waals surface area contributed by atoms with Crippen LogP contribution in [0.15, 0.2) is 22.7 Å². The van der Waals surface area contributed by atoms with Gasteiger partial charge in [0.05, 0.1) is 5.69 Å². The van der Waals surface area contributed by atoms with Crippen LogP contribution in [0.25, 0.3) is 22.3 Å². The predicted octanol–water partition coefficient (Wildman–Crippen LogP) is 4.46. The molecule has 3 nitrogen and oxygen atoms in total. The van der Waals surface area contributed by atoms with Gasteiger partial charge in [0.15, 0.2) is 0 Å². The molecule has 0 saturated heterocycles. The van der Waals surface area contributed by atoms with Crippen molar-refractivity contribution < 1.29 is 0 Å². The minimum absolute atomic E-state index is 0.107. The highest BCUT2D eigenvalue weighted by Crippen LogP contribution is 2.46. The molecule has 2 aromatic heterocycles. The lowest BCUT2D eigenvalue weighted by Crippen LogP contribution is -2.25. The van der Waals surface area contributed by atoms with Crippen LogP contribution in [0, 0.1) is 6.92 Å². The first-order chi connectivity index (χ1) is 9.47. The molecule has 102 valence electrons. The molecule has 0 spiro atoms. The Kier molecular flexibility index (Phi) is 2.29. The molecule has 1 aliphatic carbocycles. The first-order valence-corrected chi connectivity index (χ1v) is 7.62. The molecule has 20 heavy (non-hydrogen) atoms. The van der Waals surface area contributed by atoms with E-state index in [1.165, 1.54) is 33.4 Å². The Morgan fingerprint density at radius 3 is 2.90 bits per heavy atom. The normalized spacial score (nSPS) is 16.2. The second kappa shape index (κ2) is 3.76. The summed E-state index contributed by atoms with van der Waals surface area (Å²) in [5.74, 6) is 0. The summed E-state index contributed by atoms with van der Waals surface area (Å²) in [7, 11) is 0. The van der Waals surface area contributed by atoms with Crippen LogP contribution in [0.1, 0.15) is 30.7 Å². The number of aromatic amines is 2. The Morgan fingerprint density at radius 1 is 1.30 bits per heavy atom. The van der Waals surface area contributed by atoms with E-state index in [-0.39, 0.29) is 5.41 Å². The molecular formula is C16H16BrN3. The van der Waals surface area contributed by atoms with Crippen LogP contribution >= 0.6 is 15.9 Å². The van der Waals surface area contributed by atoms with Crippen LogP contribution < -0.4 is 0 Å². The zero-order chi connectivity index (χ0) is 14.1. The van der Waals surface area contributed by atoms with E-state index in [0.717, 1.165) is 16.6 Å². The standard InChI is InChI=1S/C16H16BrN3/c1-8-11-7-16(2,3)13-10-6-9(17)4-5-12(10)18-15(13)14(11)20-19-8/h4-6,18H,7H2,1-3H3,(H,19,20). The zero-order valence-corrected chi connectivity index (χ0v) is 13.4. The molecule has 0 fully saturated rings. The molecule has 1 aromatic carbocycles. The number of hydrogen-bond acceptors (Lipinski definition) is 1. The Morgan fingerprint density at radius 2 is 2.10 bits per heavy atom. The summed E-state index contributed by atoms with van der Waals surface area (Å²) < 4.78 is 1.12. The zero-order valence-electron chi connectivity index (χ0n) is 11.8. The first kappa shape index (κ1) is 12.2. The second-order valence-corrected chi connectivity index (χ2v) is 7.22. The van der Waals surface area contributed by atoms with Gasteiger partial charge in [-0.2, -0.15) is 5.10 Å². The number of aryl methyl sites for hydroxylation is 1. The Bertz CT molecular complexity index is 839. The SMILES string of the molecule is Cc1[nH]nc2c1CC(C)(C)c1c-2[nH]c2ccc(Br)cc12. The number of hydrogen-bond donors (Lipinski definition) is 2. The van der Waals surface area contributed by atoms with Crippen LogP contribution in [0.2, 0.25) is 0 Å². The molecule has 0 unspecified atom stereocenters. The van der Waals surface area contributed by atoms with Gasteiger partial charge >= 0.3 is 0 Å². The largest absolute Gasteiger partial charge is 0.353 e. The fourth-order valence-corrected chi connectivity index (χ4v) is 3.81. The fourth-order valence-electron chi connectivity index (χ4n) is 3.45. The van der Waals surface area contributed by atoms with Crippen molar-refractivity contribution in [1.82, 2.24) is 15.2 Å². The molecular weight excluding hydrogens is 314 g/mol. The highest BCUT2D eigenvalue weighted by Gasteiger charge is 2.36. The minimum Gasteiger partial charge on any atom is -0.353 e. The number of rotatable bonds is 0. The molecule has 3 aromatic rings. The van der Waals surface area contributed by atoms with Gasteiger partial charge in [0.25, 0.3) is 0 Å². The van der Waals surface area contributed by atoms with Crippen LogP contribution in [0.5, 0.6) is 0 Å². The average Bonchev–Trinajstić information content (AvgIpc) is 2.91. The maximum Gasteiger partial charge on any atom is 0.112 e. The molecule has 0 saturated carbocycles. The molecule has 0 atom stereocenters. The van der Waals surface area contributed by atoms with E-state index < -0.39 is 0 Å². The summed E-state index contributed by atoms with van der Waals surface area (Å²) in [6, 6.07) is 6.41. The van der Waals surface area contributed by atoms with Gasteiger partial charge in [-0.3, -0.25) is 5.10 Å². The van der Waals surface area contributed by atoms with Gasteiger partial charge in [0.1, 0.15) is 5.69 Å². The van der Waals surface area contributed by atoms with Gasteiger partial charge in [0, 0.05) is 26.6 Å². The maximum absolute atomic E-state index is 4.51. The summed E-state index contributed by atoms with van der Waals surface area (Å²) in [5.41, 5.74) is 7.45. The minimum atomic E-state index is 0.107. The third-order valence-corrected chi connectivity index (χ3v) is 4.86. The van der Waals surface area contributed by atoms with Crippen molar-refractivity contribution in [2.45, 2.75) is 32.6 Å². The lowest BCUT2D eigenvalue weighted by atomic mass is 9.73. The second-order valence-electron chi connectivity index (χ2n) is 6.30. The number of nitrogens with one attached hydrogen (secondary N) is 2. The Labute approximate surface area is 125 Å². The van der Waals surface area contributed by atoms with Crippen molar-refractivity contribution >= 4 is 26.8 Å². The fraction of sp³-hybridized carbons (Fsp3) is 0.312. The van der Waals surface area contributed by atoms with E-state index in [1.807, 2.05) is 0 Å². The van der Waals surface area contributed by atoms with Gasteiger partial charge in [-0.1, -0.05) is 29.8 Å². The number of aromatic nitrogens is 3. The van der Waals surface area contributed by atoms with Crippen molar-refractivity contribution in [3.63, 3.8) is 0 Å². The highest BCUT2D eigenvalue weighted by atomic mass is 79.9. The van der Waals surface area contributed by atoms with E-state index in [0.29, 0.717) is 0 Å². The Hall–Kier alpha value is -1.55. The summed E-state index contributed by atoms with van der Waals surface area (Å²) in [5, 5.41) is 8.94. The number of nitrogens with zero attached hydrogens (tertiary/aromatic N) is 1. The van der Waals surface area contributed by atoms with Crippen LogP contribution in [-0.2, 0) is 11.8 Å². The monoisotopic (exact) mass is 329 g/mol. The smallest absolute Gasteiger partial charge is 0.112 e. The third kappa shape index (κ3) is 1.48. The molecule has 2 heterocycles. The average molecular weight is 330 g/mol. The number of H-pyrrole nitrogens is 2. The number of benzene rings is 1. The summed E-state index contributed by atoms with van der Waals surface area (Å²) in [6.07, 6.45) is 1.02. The summed E-state index contributed by atoms with van der Waals surface area (Å²) in [6.45, 7) is 6.73. The predicted molar refractivity (Wildman–Crippen MR) is 85.0 cm³/mol. The van der Waals surface area contributed by atoms with E-state index in [2.05, 4.69) is 70.1 Å². The van der Waals surface area contributed by atoms with Crippen LogP contribution in [0.4, 0.5) is 0 Å². The van der Waals surface area contributed by atoms with Crippen molar-refractivity contribution in [3.05, 3.63) is 39.5 Å². The van der Waals surface area contributed by atoms with Gasteiger partial charge in [-0.05, 0) is 42.5 Å². The van der Waals surface area contributed by atoms with Crippen molar-refractivity contribution in [1.29, 1.82) is 0 Å². The van der Waals surface area contributed by atoms with E-state index >= 15 is 0 Å². The van der Waals surface area contributed by atoms with Crippen molar-refractivity contribution in [2.24, 2.45) is 0 Å². The molecule has 0 aliphatic heterocycles.